The van der Waals surface area contributed by atoms with Crippen LogP contribution in [0.4, 0.5) is 0 Å². The number of nitrogens with zero attached hydrogens (tertiary/aromatic N) is 1. The van der Waals surface area contributed by atoms with Crippen LogP contribution in [0.15, 0.2) is 24.4 Å². The van der Waals surface area contributed by atoms with E-state index in [2.05, 4.69) is 10.3 Å². The molecule has 0 unspecified atom stereocenters. The van der Waals surface area contributed by atoms with Crippen molar-refractivity contribution >= 4 is 22.6 Å². The standard InChI is InChI=1S/C19H23N3O4/c1-11(2)26-16-9-14-13(8-15(16)18(20)24)4-6-22-19(14)25-10-12-3-5-21-17(23)7-12/h4,6,8-9,11-12H,3,5,7,10H2,1-2H3,(H2,20,24)(H,21,23)/t12-/m1/s1. The summed E-state index contributed by atoms with van der Waals surface area (Å²) in [5.41, 5.74) is 5.81. The van der Waals surface area contributed by atoms with Crippen molar-refractivity contribution in [2.24, 2.45) is 11.7 Å². The topological polar surface area (TPSA) is 104 Å². The van der Waals surface area contributed by atoms with Gasteiger partial charge in [-0.2, -0.15) is 0 Å². The summed E-state index contributed by atoms with van der Waals surface area (Å²) in [7, 11) is 0. The maximum Gasteiger partial charge on any atom is 0.252 e. The molecule has 3 N–H and O–H groups in total. The number of aromatic nitrogens is 1. The number of carbonyl (C=O) groups is 2. The van der Waals surface area contributed by atoms with E-state index < -0.39 is 5.91 Å². The highest BCUT2D eigenvalue weighted by molar-refractivity contribution is 6.01. The predicted molar refractivity (Wildman–Crippen MR) is 97.3 cm³/mol. The number of primary amides is 1. The second-order valence-corrected chi connectivity index (χ2v) is 6.74. The molecule has 138 valence electrons. The van der Waals surface area contributed by atoms with Gasteiger partial charge in [0.25, 0.3) is 5.91 Å². The van der Waals surface area contributed by atoms with Crippen molar-refractivity contribution in [3.63, 3.8) is 0 Å². The predicted octanol–water partition coefficient (Wildman–Crippen LogP) is 2.03. The molecule has 0 saturated carbocycles. The Morgan fingerprint density at radius 2 is 2.23 bits per heavy atom. The van der Waals surface area contributed by atoms with Gasteiger partial charge in [0.05, 0.1) is 18.3 Å². The molecule has 0 bridgehead atoms. The van der Waals surface area contributed by atoms with Crippen molar-refractivity contribution < 1.29 is 19.1 Å². The third-order valence-corrected chi connectivity index (χ3v) is 4.26. The number of hydrogen-bond acceptors (Lipinski definition) is 5. The van der Waals surface area contributed by atoms with Gasteiger partial charge in [-0.15, -0.1) is 0 Å². The molecule has 7 heteroatoms. The summed E-state index contributed by atoms with van der Waals surface area (Å²) < 4.78 is 11.6. The molecule has 1 aromatic heterocycles. The number of pyridine rings is 1. The SMILES string of the molecule is CC(C)Oc1cc2c(OC[C@@H]3CCNC(=O)C3)nccc2cc1C(N)=O. The zero-order chi connectivity index (χ0) is 18.7. The van der Waals surface area contributed by atoms with Gasteiger partial charge >= 0.3 is 0 Å². The van der Waals surface area contributed by atoms with Crippen LogP contribution in [-0.4, -0.2) is 36.1 Å². The molecule has 0 aliphatic carbocycles. The quantitative estimate of drug-likeness (QED) is 0.823. The molecule has 26 heavy (non-hydrogen) atoms. The number of nitrogens with one attached hydrogen (secondary N) is 1. The monoisotopic (exact) mass is 357 g/mol. The van der Waals surface area contributed by atoms with Crippen molar-refractivity contribution in [1.82, 2.24) is 10.3 Å². The summed E-state index contributed by atoms with van der Waals surface area (Å²) in [4.78, 5) is 27.6. The molecule has 1 aromatic carbocycles. The first-order valence-electron chi connectivity index (χ1n) is 8.72. The van der Waals surface area contributed by atoms with Gasteiger partial charge in [0.15, 0.2) is 0 Å². The summed E-state index contributed by atoms with van der Waals surface area (Å²) in [6, 6.07) is 5.23. The van der Waals surface area contributed by atoms with Crippen LogP contribution in [0.3, 0.4) is 0 Å². The van der Waals surface area contributed by atoms with Gasteiger partial charge in [-0.25, -0.2) is 4.98 Å². The number of rotatable bonds is 6. The van der Waals surface area contributed by atoms with Crippen LogP contribution in [0, 0.1) is 5.92 Å². The van der Waals surface area contributed by atoms with E-state index in [9.17, 15) is 9.59 Å². The average molecular weight is 357 g/mol. The maximum absolute atomic E-state index is 11.8. The fourth-order valence-electron chi connectivity index (χ4n) is 3.02. The van der Waals surface area contributed by atoms with Crippen LogP contribution in [0.2, 0.25) is 0 Å². The van der Waals surface area contributed by atoms with Crippen LogP contribution in [-0.2, 0) is 4.79 Å². The Hall–Kier alpha value is -2.83. The van der Waals surface area contributed by atoms with E-state index in [1.165, 1.54) is 0 Å². The van der Waals surface area contributed by atoms with Crippen molar-refractivity contribution in [3.8, 4) is 11.6 Å². The molecule has 1 aliphatic heterocycles. The second-order valence-electron chi connectivity index (χ2n) is 6.74. The summed E-state index contributed by atoms with van der Waals surface area (Å²) in [5.74, 6) is 0.537. The number of hydrogen-bond donors (Lipinski definition) is 2. The van der Waals surface area contributed by atoms with E-state index in [4.69, 9.17) is 15.2 Å². The van der Waals surface area contributed by atoms with Gasteiger partial charge in [0.1, 0.15) is 5.75 Å². The van der Waals surface area contributed by atoms with Crippen LogP contribution in [0.5, 0.6) is 11.6 Å². The highest BCUT2D eigenvalue weighted by Gasteiger charge is 2.21. The summed E-state index contributed by atoms with van der Waals surface area (Å²) >= 11 is 0. The first-order chi connectivity index (χ1) is 12.4. The minimum absolute atomic E-state index is 0.0504. The lowest BCUT2D eigenvalue weighted by molar-refractivity contribution is -0.123. The fourth-order valence-corrected chi connectivity index (χ4v) is 3.02. The minimum atomic E-state index is -0.546. The molecule has 7 nitrogen and oxygen atoms in total. The zero-order valence-electron chi connectivity index (χ0n) is 15.0. The lowest BCUT2D eigenvalue weighted by atomic mass is 9.99. The number of piperidine rings is 1. The molecule has 2 aromatic rings. The minimum Gasteiger partial charge on any atom is -0.490 e. The molecule has 0 spiro atoms. The van der Waals surface area contributed by atoms with Crippen molar-refractivity contribution in [2.75, 3.05) is 13.2 Å². The van der Waals surface area contributed by atoms with Crippen molar-refractivity contribution in [2.45, 2.75) is 32.8 Å². The molecule has 3 rings (SSSR count). The highest BCUT2D eigenvalue weighted by Crippen LogP contribution is 2.31. The van der Waals surface area contributed by atoms with E-state index in [1.54, 1.807) is 24.4 Å². The Labute approximate surface area is 151 Å². The van der Waals surface area contributed by atoms with E-state index >= 15 is 0 Å². The molecule has 2 heterocycles. The number of amides is 2. The maximum atomic E-state index is 11.8. The molecular formula is C19H23N3O4. The number of nitrogens with two attached hydrogens (primary N) is 1. The molecular weight excluding hydrogens is 334 g/mol. The van der Waals surface area contributed by atoms with Crippen LogP contribution in [0.25, 0.3) is 10.8 Å². The summed E-state index contributed by atoms with van der Waals surface area (Å²) in [6.45, 7) is 4.84. The largest absolute Gasteiger partial charge is 0.490 e. The molecule has 2 amide bonds. The second kappa shape index (κ2) is 7.59. The van der Waals surface area contributed by atoms with Gasteiger partial charge in [0.2, 0.25) is 11.8 Å². The number of carbonyl (C=O) groups excluding carboxylic acids is 2. The number of fused-ring (bicyclic) bond motifs is 1. The molecule has 1 atom stereocenters. The van der Waals surface area contributed by atoms with Gasteiger partial charge < -0.3 is 20.5 Å². The Balaban J connectivity index is 1.90. The zero-order valence-corrected chi connectivity index (χ0v) is 15.0. The van der Waals surface area contributed by atoms with E-state index in [1.807, 2.05) is 13.8 Å². The van der Waals surface area contributed by atoms with E-state index in [0.717, 1.165) is 17.2 Å². The number of benzene rings is 1. The normalized spacial score (nSPS) is 17.2. The van der Waals surface area contributed by atoms with Crippen LogP contribution in [0.1, 0.15) is 37.0 Å². The number of ether oxygens (including phenoxy) is 2. The molecule has 1 fully saturated rings. The summed E-state index contributed by atoms with van der Waals surface area (Å²) in [6.07, 6.45) is 2.86. The highest BCUT2D eigenvalue weighted by atomic mass is 16.5. The Morgan fingerprint density at radius 3 is 2.92 bits per heavy atom. The molecule has 1 saturated heterocycles. The van der Waals surface area contributed by atoms with Crippen LogP contribution >= 0.6 is 0 Å². The van der Waals surface area contributed by atoms with Crippen LogP contribution < -0.4 is 20.5 Å². The summed E-state index contributed by atoms with van der Waals surface area (Å²) in [5, 5.41) is 4.35. The first-order valence-corrected chi connectivity index (χ1v) is 8.72. The van der Waals surface area contributed by atoms with E-state index in [-0.39, 0.29) is 17.9 Å². The van der Waals surface area contributed by atoms with Gasteiger partial charge in [0, 0.05) is 30.5 Å². The lowest BCUT2D eigenvalue weighted by Gasteiger charge is -2.22. The lowest BCUT2D eigenvalue weighted by Crippen LogP contribution is -2.35. The van der Waals surface area contributed by atoms with Gasteiger partial charge in [-0.1, -0.05) is 0 Å². The van der Waals surface area contributed by atoms with E-state index in [0.29, 0.717) is 36.8 Å². The Morgan fingerprint density at radius 1 is 1.42 bits per heavy atom. The first kappa shape index (κ1) is 18.0. The molecule has 0 radical (unpaired) electrons. The van der Waals surface area contributed by atoms with Gasteiger partial charge in [-0.05, 0) is 43.9 Å². The smallest absolute Gasteiger partial charge is 0.252 e. The van der Waals surface area contributed by atoms with Crippen molar-refractivity contribution in [1.29, 1.82) is 0 Å². The third-order valence-electron chi connectivity index (χ3n) is 4.26. The Bertz CT molecular complexity index is 835. The molecule has 1 aliphatic rings. The van der Waals surface area contributed by atoms with Crippen molar-refractivity contribution in [3.05, 3.63) is 30.0 Å². The van der Waals surface area contributed by atoms with Gasteiger partial charge in [-0.3, -0.25) is 9.59 Å². The fraction of sp³-hybridized carbons (Fsp3) is 0.421. The average Bonchev–Trinajstić information content (AvgIpc) is 2.59. The Kier molecular flexibility index (Phi) is 5.25. The third kappa shape index (κ3) is 4.04.